The zero-order chi connectivity index (χ0) is 14.4. The third kappa shape index (κ3) is 6.03. The zero-order valence-electron chi connectivity index (χ0n) is 12.4. The van der Waals surface area contributed by atoms with Crippen molar-refractivity contribution in [2.45, 2.75) is 31.8 Å². The highest BCUT2D eigenvalue weighted by Gasteiger charge is 2.15. The topological polar surface area (TPSA) is 79.2 Å². The molecule has 0 aromatic carbocycles. The van der Waals surface area contributed by atoms with Gasteiger partial charge in [0.2, 0.25) is 5.91 Å². The van der Waals surface area contributed by atoms with E-state index in [2.05, 4.69) is 15.7 Å². The molecule has 1 saturated heterocycles. The molecule has 0 radical (unpaired) electrons. The first-order valence-corrected chi connectivity index (χ1v) is 7.29. The minimum atomic E-state index is -0.688. The van der Waals surface area contributed by atoms with Gasteiger partial charge in [-0.1, -0.05) is 0 Å². The lowest BCUT2D eigenvalue weighted by Crippen LogP contribution is -2.31. The first-order chi connectivity index (χ1) is 9.65. The number of hydrogen-bond donors (Lipinski definition) is 3. The van der Waals surface area contributed by atoms with Gasteiger partial charge in [0.25, 0.3) is 0 Å². The first-order valence-electron chi connectivity index (χ1n) is 7.29. The van der Waals surface area contributed by atoms with E-state index in [1.54, 1.807) is 24.1 Å². The molecule has 1 unspecified atom stereocenters. The van der Waals surface area contributed by atoms with Gasteiger partial charge in [0.05, 0.1) is 12.3 Å². The number of aryl methyl sites for hydroxylation is 1. The Morgan fingerprint density at radius 3 is 2.90 bits per heavy atom. The minimum absolute atomic E-state index is 0. The highest BCUT2D eigenvalue weighted by molar-refractivity contribution is 5.85. The molecular weight excluding hydrogens is 292 g/mol. The Labute approximate surface area is 131 Å². The van der Waals surface area contributed by atoms with Gasteiger partial charge in [0, 0.05) is 31.8 Å². The van der Waals surface area contributed by atoms with E-state index in [0.29, 0.717) is 12.3 Å². The molecule has 1 aromatic rings. The molecule has 0 spiro atoms. The fraction of sp³-hybridized carbons (Fsp3) is 0.714. The van der Waals surface area contributed by atoms with Crippen LogP contribution < -0.4 is 10.6 Å². The summed E-state index contributed by atoms with van der Waals surface area (Å²) in [6.07, 6.45) is 6.49. The summed E-state index contributed by atoms with van der Waals surface area (Å²) in [4.78, 5) is 11.8. The number of nitrogens with zero attached hydrogens (tertiary/aromatic N) is 2. The number of hydrogen-bond acceptors (Lipinski definition) is 4. The monoisotopic (exact) mass is 316 g/mol. The van der Waals surface area contributed by atoms with Crippen LogP contribution in [-0.2, 0) is 11.8 Å². The summed E-state index contributed by atoms with van der Waals surface area (Å²) >= 11 is 0. The number of piperidine rings is 1. The van der Waals surface area contributed by atoms with Crippen LogP contribution in [-0.4, -0.2) is 40.4 Å². The summed E-state index contributed by atoms with van der Waals surface area (Å²) in [5.41, 5.74) is 0.728. The van der Waals surface area contributed by atoms with Gasteiger partial charge >= 0.3 is 0 Å². The number of carbonyl (C=O) groups excluding carboxylic acids is 1. The molecule has 120 valence electrons. The van der Waals surface area contributed by atoms with Gasteiger partial charge < -0.3 is 15.7 Å². The number of nitrogens with one attached hydrogen (secondary N) is 2. The third-order valence-electron chi connectivity index (χ3n) is 3.84. The summed E-state index contributed by atoms with van der Waals surface area (Å²) in [7, 11) is 1.80. The van der Waals surface area contributed by atoms with Gasteiger partial charge in [0.1, 0.15) is 0 Å². The summed E-state index contributed by atoms with van der Waals surface area (Å²) in [5.74, 6) is 0.678. The molecule has 0 aliphatic carbocycles. The van der Waals surface area contributed by atoms with Crippen LogP contribution in [0, 0.1) is 5.92 Å². The summed E-state index contributed by atoms with van der Waals surface area (Å²) in [6.45, 7) is 2.37. The Balaban J connectivity index is 0.00000220. The molecule has 2 rings (SSSR count). The van der Waals surface area contributed by atoms with Crippen molar-refractivity contribution in [2.75, 3.05) is 19.6 Å². The molecule has 1 atom stereocenters. The van der Waals surface area contributed by atoms with Crippen molar-refractivity contribution < 1.29 is 9.90 Å². The average molecular weight is 317 g/mol. The van der Waals surface area contributed by atoms with Gasteiger partial charge in [-0.3, -0.25) is 9.48 Å². The van der Waals surface area contributed by atoms with Crippen LogP contribution in [0.5, 0.6) is 0 Å². The second-order valence-electron chi connectivity index (χ2n) is 5.50. The minimum Gasteiger partial charge on any atom is -0.386 e. The van der Waals surface area contributed by atoms with Gasteiger partial charge in [0.15, 0.2) is 0 Å². The maximum absolute atomic E-state index is 11.8. The Hall–Kier alpha value is -1.11. The lowest BCUT2D eigenvalue weighted by atomic mass is 9.93. The van der Waals surface area contributed by atoms with Crippen LogP contribution >= 0.6 is 12.4 Å². The first kappa shape index (κ1) is 17.9. The molecule has 21 heavy (non-hydrogen) atoms. The third-order valence-corrected chi connectivity index (χ3v) is 3.84. The van der Waals surface area contributed by atoms with Crippen molar-refractivity contribution >= 4 is 18.3 Å². The van der Waals surface area contributed by atoms with E-state index in [-0.39, 0.29) is 24.9 Å². The largest absolute Gasteiger partial charge is 0.386 e. The number of carbonyl (C=O) groups is 1. The van der Waals surface area contributed by atoms with Gasteiger partial charge in [-0.2, -0.15) is 5.10 Å². The van der Waals surface area contributed by atoms with E-state index in [1.165, 1.54) is 0 Å². The van der Waals surface area contributed by atoms with E-state index < -0.39 is 6.10 Å². The SMILES string of the molecule is Cl.Cn1cc(C(O)CNC(=O)CCC2CCNCC2)cn1. The number of rotatable bonds is 6. The Morgan fingerprint density at radius 1 is 1.57 bits per heavy atom. The van der Waals surface area contributed by atoms with E-state index in [1.807, 2.05) is 0 Å². The molecule has 1 aliphatic heterocycles. The fourth-order valence-corrected chi connectivity index (χ4v) is 2.53. The second-order valence-corrected chi connectivity index (χ2v) is 5.50. The van der Waals surface area contributed by atoms with Gasteiger partial charge in [-0.05, 0) is 38.3 Å². The maximum atomic E-state index is 11.8. The fourth-order valence-electron chi connectivity index (χ4n) is 2.53. The van der Waals surface area contributed by atoms with Crippen LogP contribution in [0.3, 0.4) is 0 Å². The predicted octanol–water partition coefficient (Wildman–Crippen LogP) is 0.771. The molecule has 0 bridgehead atoms. The van der Waals surface area contributed by atoms with Crippen molar-refractivity contribution in [2.24, 2.45) is 13.0 Å². The summed E-state index contributed by atoms with van der Waals surface area (Å²) in [6, 6.07) is 0. The van der Waals surface area contributed by atoms with Crippen LogP contribution in [0.2, 0.25) is 0 Å². The van der Waals surface area contributed by atoms with E-state index in [9.17, 15) is 9.90 Å². The van der Waals surface area contributed by atoms with Crippen molar-refractivity contribution in [3.63, 3.8) is 0 Å². The highest BCUT2D eigenvalue weighted by Crippen LogP contribution is 2.17. The Kier molecular flexibility index (Phi) is 7.71. The predicted molar refractivity (Wildman–Crippen MR) is 83.3 cm³/mol. The van der Waals surface area contributed by atoms with Crippen LogP contribution in [0.4, 0.5) is 0 Å². The van der Waals surface area contributed by atoms with E-state index >= 15 is 0 Å². The average Bonchev–Trinajstić information content (AvgIpc) is 2.90. The standard InChI is InChI=1S/C14H24N4O2.ClH/c1-18-10-12(8-17-18)13(19)9-16-14(20)3-2-11-4-6-15-7-5-11;/h8,10-11,13,15,19H,2-7,9H2,1H3,(H,16,20);1H. The maximum Gasteiger partial charge on any atom is 0.220 e. The molecule has 6 nitrogen and oxygen atoms in total. The summed E-state index contributed by atoms with van der Waals surface area (Å²) < 4.78 is 1.64. The number of amides is 1. The van der Waals surface area contributed by atoms with Crippen molar-refractivity contribution in [3.8, 4) is 0 Å². The van der Waals surface area contributed by atoms with Crippen molar-refractivity contribution in [1.82, 2.24) is 20.4 Å². The molecule has 3 N–H and O–H groups in total. The molecular formula is C14H25ClN4O2. The molecule has 7 heteroatoms. The zero-order valence-corrected chi connectivity index (χ0v) is 13.2. The van der Waals surface area contributed by atoms with Crippen LogP contribution in [0.1, 0.15) is 37.4 Å². The van der Waals surface area contributed by atoms with Crippen LogP contribution in [0.15, 0.2) is 12.4 Å². The van der Waals surface area contributed by atoms with Crippen LogP contribution in [0.25, 0.3) is 0 Å². The number of aliphatic hydroxyl groups is 1. The quantitative estimate of drug-likeness (QED) is 0.724. The number of halogens is 1. The highest BCUT2D eigenvalue weighted by atomic mass is 35.5. The smallest absolute Gasteiger partial charge is 0.220 e. The molecule has 1 aliphatic rings. The molecule has 1 fully saturated rings. The van der Waals surface area contributed by atoms with Gasteiger partial charge in [-0.25, -0.2) is 0 Å². The summed E-state index contributed by atoms with van der Waals surface area (Å²) in [5, 5.41) is 20.0. The Bertz CT molecular complexity index is 432. The lowest BCUT2D eigenvalue weighted by Gasteiger charge is -2.22. The van der Waals surface area contributed by atoms with E-state index in [4.69, 9.17) is 0 Å². The molecule has 2 heterocycles. The molecule has 1 amide bonds. The van der Waals surface area contributed by atoms with Crippen molar-refractivity contribution in [1.29, 1.82) is 0 Å². The van der Waals surface area contributed by atoms with E-state index in [0.717, 1.165) is 37.9 Å². The number of aromatic nitrogens is 2. The molecule has 0 saturated carbocycles. The second kappa shape index (κ2) is 9.02. The normalized spacial score (nSPS) is 17.0. The lowest BCUT2D eigenvalue weighted by molar-refractivity contribution is -0.121. The molecule has 1 aromatic heterocycles. The van der Waals surface area contributed by atoms with Crippen molar-refractivity contribution in [3.05, 3.63) is 18.0 Å². The van der Waals surface area contributed by atoms with Gasteiger partial charge in [-0.15, -0.1) is 12.4 Å². The Morgan fingerprint density at radius 2 is 2.29 bits per heavy atom. The number of aliphatic hydroxyl groups excluding tert-OH is 1.